The lowest BCUT2D eigenvalue weighted by atomic mass is 9.95. The van der Waals surface area contributed by atoms with Crippen LogP contribution in [0.5, 0.6) is 5.75 Å². The van der Waals surface area contributed by atoms with Gasteiger partial charge in [-0.1, -0.05) is 6.07 Å². The van der Waals surface area contributed by atoms with Gasteiger partial charge in [-0.05, 0) is 43.4 Å². The summed E-state index contributed by atoms with van der Waals surface area (Å²) in [5.74, 6) is -2.58. The number of carbonyl (C=O) groups is 2. The Kier molecular flexibility index (Phi) is 4.69. The van der Waals surface area contributed by atoms with E-state index >= 15 is 0 Å². The van der Waals surface area contributed by atoms with Crippen molar-refractivity contribution in [3.05, 3.63) is 46.5 Å². The number of carboxylic acid groups (broad SMARTS) is 1. The van der Waals surface area contributed by atoms with Crippen LogP contribution in [0, 0.1) is 5.82 Å². The Morgan fingerprint density at radius 2 is 2.12 bits per heavy atom. The molecule has 1 heterocycles. The van der Waals surface area contributed by atoms with Gasteiger partial charge in [0, 0.05) is 11.3 Å². The molecule has 0 bridgehead atoms. The van der Waals surface area contributed by atoms with Crippen molar-refractivity contribution in [2.24, 2.45) is 0 Å². The van der Waals surface area contributed by atoms with Crippen molar-refractivity contribution in [2.45, 2.75) is 31.7 Å². The highest BCUT2D eigenvalue weighted by Gasteiger charge is 2.27. The van der Waals surface area contributed by atoms with E-state index in [9.17, 15) is 19.1 Å². The highest BCUT2D eigenvalue weighted by molar-refractivity contribution is 5.96. The zero-order valence-electron chi connectivity index (χ0n) is 13.6. The first-order chi connectivity index (χ1) is 12.0. The summed E-state index contributed by atoms with van der Waals surface area (Å²) in [6.07, 6.45) is 3.53. The van der Waals surface area contributed by atoms with Gasteiger partial charge in [-0.2, -0.15) is 5.10 Å². The van der Waals surface area contributed by atoms with Crippen molar-refractivity contribution < 1.29 is 23.8 Å². The number of methoxy groups -OCH3 is 1. The van der Waals surface area contributed by atoms with Crippen LogP contribution in [0.15, 0.2) is 18.2 Å². The topological polar surface area (TPSA) is 104 Å². The highest BCUT2D eigenvalue weighted by Crippen LogP contribution is 2.25. The molecule has 3 rings (SSSR count). The molecule has 2 aromatic rings. The van der Waals surface area contributed by atoms with E-state index in [0.717, 1.165) is 43.0 Å². The number of amides is 1. The van der Waals surface area contributed by atoms with E-state index in [1.54, 1.807) is 0 Å². The molecule has 1 aliphatic rings. The van der Waals surface area contributed by atoms with Gasteiger partial charge in [0.25, 0.3) is 5.91 Å². The van der Waals surface area contributed by atoms with Crippen LogP contribution < -0.4 is 10.1 Å². The van der Waals surface area contributed by atoms with Gasteiger partial charge in [0.2, 0.25) is 0 Å². The highest BCUT2D eigenvalue weighted by atomic mass is 19.1. The number of hydrogen-bond donors (Lipinski definition) is 3. The summed E-state index contributed by atoms with van der Waals surface area (Å²) >= 11 is 0. The summed E-state index contributed by atoms with van der Waals surface area (Å²) in [5.41, 5.74) is 2.06. The Labute approximate surface area is 143 Å². The van der Waals surface area contributed by atoms with Gasteiger partial charge in [-0.3, -0.25) is 9.89 Å². The Morgan fingerprint density at radius 1 is 1.36 bits per heavy atom. The molecule has 1 aromatic heterocycles. The second kappa shape index (κ2) is 6.92. The van der Waals surface area contributed by atoms with Crippen molar-refractivity contribution in [3.8, 4) is 5.75 Å². The smallest absolute Gasteiger partial charge is 0.330 e. The molecule has 1 aliphatic carbocycles. The van der Waals surface area contributed by atoms with Gasteiger partial charge in [0.05, 0.1) is 7.11 Å². The maximum Gasteiger partial charge on any atom is 0.330 e. The van der Waals surface area contributed by atoms with Gasteiger partial charge >= 0.3 is 5.97 Å². The standard InChI is InChI=1S/C17H18FN3O4/c1-25-13-7-6-9(8-11(13)18)14(17(23)24)19-16(22)15-10-4-2-3-5-12(10)20-21-15/h6-8,14H,2-5H2,1H3,(H,19,22)(H,20,21)(H,23,24). The molecule has 8 heteroatoms. The number of nitrogens with zero attached hydrogens (tertiary/aromatic N) is 1. The van der Waals surface area contributed by atoms with Gasteiger partial charge in [0.15, 0.2) is 23.3 Å². The van der Waals surface area contributed by atoms with Gasteiger partial charge in [-0.25, -0.2) is 9.18 Å². The summed E-state index contributed by atoms with van der Waals surface area (Å²) in [4.78, 5) is 24.1. The molecule has 3 N–H and O–H groups in total. The number of aliphatic carboxylic acids is 1. The minimum Gasteiger partial charge on any atom is -0.494 e. The summed E-state index contributed by atoms with van der Waals surface area (Å²) in [6.45, 7) is 0. The number of nitrogens with one attached hydrogen (secondary N) is 2. The number of benzene rings is 1. The lowest BCUT2D eigenvalue weighted by Crippen LogP contribution is -2.34. The lowest BCUT2D eigenvalue weighted by Gasteiger charge is -2.16. The van der Waals surface area contributed by atoms with Crippen LogP contribution in [0.2, 0.25) is 0 Å². The van der Waals surface area contributed by atoms with Crippen molar-refractivity contribution in [2.75, 3.05) is 7.11 Å². The number of ether oxygens (including phenoxy) is 1. The molecular formula is C17H18FN3O4. The van der Waals surface area contributed by atoms with Crippen molar-refractivity contribution in [1.82, 2.24) is 15.5 Å². The number of H-pyrrole nitrogens is 1. The minimum absolute atomic E-state index is 0.000543. The largest absolute Gasteiger partial charge is 0.494 e. The Morgan fingerprint density at radius 3 is 2.80 bits per heavy atom. The zero-order chi connectivity index (χ0) is 18.0. The fourth-order valence-corrected chi connectivity index (χ4v) is 3.02. The third-order valence-electron chi connectivity index (χ3n) is 4.30. The minimum atomic E-state index is -1.39. The van der Waals surface area contributed by atoms with Crippen molar-refractivity contribution in [1.29, 1.82) is 0 Å². The Bertz CT molecular complexity index is 818. The van der Waals surface area contributed by atoms with E-state index in [2.05, 4.69) is 15.5 Å². The van der Waals surface area contributed by atoms with Gasteiger partial charge in [-0.15, -0.1) is 0 Å². The molecule has 1 unspecified atom stereocenters. The van der Waals surface area contributed by atoms with Crippen LogP contribution in [0.3, 0.4) is 0 Å². The van der Waals surface area contributed by atoms with Crippen LogP contribution in [-0.4, -0.2) is 34.3 Å². The van der Waals surface area contributed by atoms with Crippen LogP contribution in [0.1, 0.15) is 46.2 Å². The summed E-state index contributed by atoms with van der Waals surface area (Å²) in [7, 11) is 1.31. The number of carboxylic acids is 1. The normalized spacial score (nSPS) is 14.5. The molecule has 132 valence electrons. The van der Waals surface area contributed by atoms with Crippen molar-refractivity contribution in [3.63, 3.8) is 0 Å². The Hall–Kier alpha value is -2.90. The van der Waals surface area contributed by atoms with E-state index in [-0.39, 0.29) is 17.0 Å². The van der Waals surface area contributed by atoms with Crippen LogP contribution >= 0.6 is 0 Å². The van der Waals surface area contributed by atoms with E-state index in [4.69, 9.17) is 4.74 Å². The summed E-state index contributed by atoms with van der Waals surface area (Å²) < 4.78 is 18.7. The van der Waals surface area contributed by atoms with Gasteiger partial charge in [0.1, 0.15) is 0 Å². The first kappa shape index (κ1) is 16.9. The fraction of sp³-hybridized carbons (Fsp3) is 0.353. The number of rotatable bonds is 5. The number of fused-ring (bicyclic) bond motifs is 1. The molecule has 0 saturated carbocycles. The first-order valence-corrected chi connectivity index (χ1v) is 7.94. The number of hydrogen-bond acceptors (Lipinski definition) is 4. The second-order valence-corrected chi connectivity index (χ2v) is 5.88. The van der Waals surface area contributed by atoms with Crippen LogP contribution in [0.4, 0.5) is 4.39 Å². The monoisotopic (exact) mass is 347 g/mol. The van der Waals surface area contributed by atoms with Crippen molar-refractivity contribution >= 4 is 11.9 Å². The predicted octanol–water partition coefficient (Wildman–Crippen LogP) is 1.99. The zero-order valence-corrected chi connectivity index (χ0v) is 13.6. The maximum atomic E-state index is 13.9. The van der Waals surface area contributed by atoms with E-state index in [0.29, 0.717) is 0 Å². The fourth-order valence-electron chi connectivity index (χ4n) is 3.02. The molecule has 0 radical (unpaired) electrons. The molecule has 1 amide bonds. The van der Waals surface area contributed by atoms with E-state index < -0.39 is 23.7 Å². The molecule has 1 aromatic carbocycles. The number of aryl methyl sites for hydroxylation is 1. The van der Waals surface area contributed by atoms with Gasteiger partial charge < -0.3 is 15.2 Å². The average Bonchev–Trinajstić information content (AvgIpc) is 3.03. The third-order valence-corrected chi connectivity index (χ3v) is 4.30. The molecule has 7 nitrogen and oxygen atoms in total. The maximum absolute atomic E-state index is 13.9. The first-order valence-electron chi connectivity index (χ1n) is 7.94. The number of aromatic nitrogens is 2. The molecular weight excluding hydrogens is 329 g/mol. The van der Waals surface area contributed by atoms with E-state index in [1.165, 1.54) is 19.2 Å². The molecule has 0 spiro atoms. The Balaban J connectivity index is 1.85. The van der Waals surface area contributed by atoms with Crippen LogP contribution in [-0.2, 0) is 17.6 Å². The molecule has 0 fully saturated rings. The molecule has 25 heavy (non-hydrogen) atoms. The predicted molar refractivity (Wildman–Crippen MR) is 86.0 cm³/mol. The van der Waals surface area contributed by atoms with E-state index in [1.807, 2.05) is 0 Å². The van der Waals surface area contributed by atoms with Crippen LogP contribution in [0.25, 0.3) is 0 Å². The molecule has 0 aliphatic heterocycles. The lowest BCUT2D eigenvalue weighted by molar-refractivity contribution is -0.139. The third kappa shape index (κ3) is 3.33. The summed E-state index contributed by atoms with van der Waals surface area (Å²) in [5, 5.41) is 18.7. The number of carbonyl (C=O) groups excluding carboxylic acids is 1. The molecule has 0 saturated heterocycles. The molecule has 1 atom stereocenters. The quantitative estimate of drug-likeness (QED) is 0.767. The SMILES string of the molecule is COc1ccc(C(NC(=O)c2n[nH]c3c2CCCC3)C(=O)O)cc1F. The second-order valence-electron chi connectivity index (χ2n) is 5.88. The summed E-state index contributed by atoms with van der Waals surface area (Å²) in [6, 6.07) is 2.38. The number of halogens is 1. The number of aromatic amines is 1. The average molecular weight is 347 g/mol.